The van der Waals surface area contributed by atoms with Gasteiger partial charge >= 0.3 is 0 Å². The monoisotopic (exact) mass is 283 g/mol. The van der Waals surface area contributed by atoms with E-state index in [0.717, 1.165) is 30.8 Å². The summed E-state index contributed by atoms with van der Waals surface area (Å²) in [7, 11) is 0. The summed E-state index contributed by atoms with van der Waals surface area (Å²) in [6, 6.07) is 6.45. The van der Waals surface area contributed by atoms with E-state index in [0.29, 0.717) is 12.5 Å². The lowest BCUT2D eigenvalue weighted by atomic mass is 9.71. The number of hydrogen-bond acceptors (Lipinski definition) is 3. The highest BCUT2D eigenvalue weighted by Crippen LogP contribution is 2.51. The van der Waals surface area contributed by atoms with E-state index < -0.39 is 0 Å². The van der Waals surface area contributed by atoms with Gasteiger partial charge in [0.2, 0.25) is 0 Å². The van der Waals surface area contributed by atoms with Crippen LogP contribution in [0.1, 0.15) is 44.6 Å². The van der Waals surface area contributed by atoms with E-state index in [1.54, 1.807) is 0 Å². The van der Waals surface area contributed by atoms with Gasteiger partial charge in [-0.2, -0.15) is 0 Å². The Morgan fingerprint density at radius 2 is 2.21 bits per heavy atom. The Hall–Kier alpha value is -0.930. The largest absolute Gasteiger partial charge is 0.490 e. The topological polar surface area (TPSA) is 44.5 Å². The van der Waals surface area contributed by atoms with Gasteiger partial charge in [-0.3, -0.25) is 0 Å². The van der Waals surface area contributed by atoms with E-state index in [2.05, 4.69) is 19.1 Å². The first kappa shape index (κ1) is 14.5. The van der Waals surface area contributed by atoms with Crippen molar-refractivity contribution < 1.29 is 9.47 Å². The molecule has 19 heavy (non-hydrogen) atoms. The fourth-order valence-electron chi connectivity index (χ4n) is 3.49. The molecule has 1 aromatic rings. The molecule has 0 aromatic heterocycles. The Morgan fingerprint density at radius 3 is 2.95 bits per heavy atom. The summed E-state index contributed by atoms with van der Waals surface area (Å²) in [6.07, 6.45) is 3.06. The first-order valence-electron chi connectivity index (χ1n) is 6.81. The molecule has 2 bridgehead atoms. The maximum absolute atomic E-state index is 6.24. The number of halogens is 1. The van der Waals surface area contributed by atoms with Crippen molar-refractivity contribution in [3.05, 3.63) is 23.8 Å². The molecule has 1 aliphatic heterocycles. The third-order valence-electron chi connectivity index (χ3n) is 4.06. The summed E-state index contributed by atoms with van der Waals surface area (Å²) in [5, 5.41) is 0. The minimum atomic E-state index is -0.122. The smallest absolute Gasteiger partial charge is 0.165 e. The molecular formula is C15H22ClNO2. The molecule has 1 heterocycles. The number of rotatable bonds is 2. The van der Waals surface area contributed by atoms with Crippen LogP contribution >= 0.6 is 12.4 Å². The minimum Gasteiger partial charge on any atom is -0.490 e. The molecule has 1 aromatic carbocycles. The maximum atomic E-state index is 6.24. The van der Waals surface area contributed by atoms with E-state index in [4.69, 9.17) is 15.2 Å². The first-order valence-corrected chi connectivity index (χ1v) is 6.81. The van der Waals surface area contributed by atoms with Crippen LogP contribution in [0.25, 0.3) is 0 Å². The van der Waals surface area contributed by atoms with Crippen LogP contribution in [0.4, 0.5) is 0 Å². The van der Waals surface area contributed by atoms with E-state index >= 15 is 0 Å². The number of nitrogens with two attached hydrogens (primary N) is 1. The Morgan fingerprint density at radius 1 is 1.42 bits per heavy atom. The van der Waals surface area contributed by atoms with Gasteiger partial charge < -0.3 is 15.2 Å². The van der Waals surface area contributed by atoms with Crippen molar-refractivity contribution in [2.75, 3.05) is 6.61 Å². The predicted molar refractivity (Wildman–Crippen MR) is 78.5 cm³/mol. The molecular weight excluding hydrogens is 262 g/mol. The van der Waals surface area contributed by atoms with Gasteiger partial charge in [0.05, 0.1) is 6.61 Å². The summed E-state index contributed by atoms with van der Waals surface area (Å²) in [4.78, 5) is 0. The van der Waals surface area contributed by atoms with Crippen molar-refractivity contribution in [3.8, 4) is 11.5 Å². The molecule has 2 aliphatic rings. The number of benzene rings is 1. The lowest BCUT2D eigenvalue weighted by Gasteiger charge is -2.46. The average Bonchev–Trinajstić information content (AvgIpc) is 2.29. The van der Waals surface area contributed by atoms with Crippen LogP contribution in [0, 0.1) is 0 Å². The van der Waals surface area contributed by atoms with E-state index in [9.17, 15) is 0 Å². The van der Waals surface area contributed by atoms with Crippen LogP contribution in [0.5, 0.6) is 11.5 Å². The van der Waals surface area contributed by atoms with Gasteiger partial charge in [0.25, 0.3) is 0 Å². The lowest BCUT2D eigenvalue weighted by Crippen LogP contribution is -2.48. The third-order valence-corrected chi connectivity index (χ3v) is 4.06. The Balaban J connectivity index is 0.00000133. The fourth-order valence-corrected chi connectivity index (χ4v) is 3.49. The highest BCUT2D eigenvalue weighted by atomic mass is 35.5. The zero-order chi connectivity index (χ0) is 12.8. The van der Waals surface area contributed by atoms with Crippen LogP contribution in [-0.4, -0.2) is 18.2 Å². The molecule has 2 unspecified atom stereocenters. The minimum absolute atomic E-state index is 0. The first-order chi connectivity index (χ1) is 8.61. The second-order valence-corrected chi connectivity index (χ2v) is 5.76. The molecule has 0 radical (unpaired) electrons. The van der Waals surface area contributed by atoms with E-state index in [1.165, 1.54) is 5.56 Å². The van der Waals surface area contributed by atoms with Crippen LogP contribution in [0.2, 0.25) is 0 Å². The van der Waals surface area contributed by atoms with Gasteiger partial charge in [0.1, 0.15) is 5.60 Å². The summed E-state index contributed by atoms with van der Waals surface area (Å²) >= 11 is 0. The molecule has 0 saturated heterocycles. The summed E-state index contributed by atoms with van der Waals surface area (Å²) in [5.74, 6) is 2.34. The summed E-state index contributed by atoms with van der Waals surface area (Å²) in [6.45, 7) is 4.84. The zero-order valence-corrected chi connectivity index (χ0v) is 12.3. The standard InChI is InChI=1S/C15H21NO2.ClH/c1-3-17-13-6-4-5-12-10-7-11(16)9-15(2,8-10)18-14(12)13;/h4-6,10-11H,3,7-9,16H2,1-2H3;1H/t10?,11-,15?;/m0./s1. The van der Waals surface area contributed by atoms with Gasteiger partial charge in [-0.05, 0) is 38.7 Å². The van der Waals surface area contributed by atoms with Crippen LogP contribution < -0.4 is 15.2 Å². The van der Waals surface area contributed by atoms with Crippen molar-refractivity contribution in [1.29, 1.82) is 0 Å². The lowest BCUT2D eigenvalue weighted by molar-refractivity contribution is 0.0107. The second-order valence-electron chi connectivity index (χ2n) is 5.76. The molecule has 0 amide bonds. The van der Waals surface area contributed by atoms with Crippen LogP contribution in [0.15, 0.2) is 18.2 Å². The van der Waals surface area contributed by atoms with Crippen molar-refractivity contribution in [2.24, 2.45) is 5.73 Å². The van der Waals surface area contributed by atoms with E-state index in [1.807, 2.05) is 13.0 Å². The number of para-hydroxylation sites is 1. The van der Waals surface area contributed by atoms with Gasteiger partial charge in [-0.25, -0.2) is 0 Å². The molecule has 3 atom stereocenters. The molecule has 106 valence electrons. The van der Waals surface area contributed by atoms with Gasteiger partial charge in [0.15, 0.2) is 11.5 Å². The van der Waals surface area contributed by atoms with Gasteiger partial charge in [-0.1, -0.05) is 12.1 Å². The zero-order valence-electron chi connectivity index (χ0n) is 11.5. The van der Waals surface area contributed by atoms with Crippen molar-refractivity contribution in [3.63, 3.8) is 0 Å². The fraction of sp³-hybridized carbons (Fsp3) is 0.600. The van der Waals surface area contributed by atoms with Gasteiger partial charge in [0, 0.05) is 18.0 Å². The second kappa shape index (κ2) is 5.22. The number of fused-ring (bicyclic) bond motifs is 4. The molecule has 1 aliphatic carbocycles. The van der Waals surface area contributed by atoms with Crippen LogP contribution in [-0.2, 0) is 0 Å². The number of hydrogen-bond donors (Lipinski definition) is 1. The summed E-state index contributed by atoms with van der Waals surface area (Å²) < 4.78 is 11.9. The van der Waals surface area contributed by atoms with Crippen molar-refractivity contribution in [1.82, 2.24) is 0 Å². The maximum Gasteiger partial charge on any atom is 0.165 e. The Labute approximate surface area is 120 Å². The summed E-state index contributed by atoms with van der Waals surface area (Å²) in [5.41, 5.74) is 7.30. The molecule has 1 saturated carbocycles. The quantitative estimate of drug-likeness (QED) is 0.906. The molecule has 0 spiro atoms. The van der Waals surface area contributed by atoms with Crippen molar-refractivity contribution in [2.45, 2.75) is 50.7 Å². The highest BCUT2D eigenvalue weighted by Gasteiger charge is 2.44. The third kappa shape index (κ3) is 2.54. The van der Waals surface area contributed by atoms with Crippen molar-refractivity contribution >= 4 is 12.4 Å². The normalized spacial score (nSPS) is 31.7. The molecule has 4 heteroatoms. The van der Waals surface area contributed by atoms with E-state index in [-0.39, 0.29) is 24.0 Å². The molecule has 3 rings (SSSR count). The SMILES string of the molecule is CCOc1cccc2c1OC1(C)CC2C[C@H](N)C1.Cl. The average molecular weight is 284 g/mol. The Kier molecular flexibility index (Phi) is 3.98. The number of ether oxygens (including phenoxy) is 2. The predicted octanol–water partition coefficient (Wildman–Crippen LogP) is 3.25. The molecule has 3 nitrogen and oxygen atoms in total. The van der Waals surface area contributed by atoms with Gasteiger partial charge in [-0.15, -0.1) is 12.4 Å². The molecule has 1 fully saturated rings. The molecule has 2 N–H and O–H groups in total. The van der Waals surface area contributed by atoms with Crippen LogP contribution in [0.3, 0.4) is 0 Å². The highest BCUT2D eigenvalue weighted by molar-refractivity contribution is 5.85. The Bertz CT molecular complexity index is 465.